The highest BCUT2D eigenvalue weighted by Gasteiger charge is 2.53. The number of fused-ring (bicyclic) bond motifs is 1. The first-order valence-electron chi connectivity index (χ1n) is 8.87. The summed E-state index contributed by atoms with van der Waals surface area (Å²) in [5, 5.41) is 5.09. The number of hydrogen-bond donors (Lipinski definition) is 2. The molecule has 2 fully saturated rings. The second-order valence-corrected chi connectivity index (χ2v) is 8.31. The van der Waals surface area contributed by atoms with Crippen LogP contribution >= 0.6 is 11.8 Å². The number of esters is 2. The second kappa shape index (κ2) is 7.41. The molecule has 2 saturated heterocycles. The number of nitrogens with zero attached hydrogens (tertiary/aromatic N) is 1. The van der Waals surface area contributed by atoms with Crippen molar-refractivity contribution in [1.29, 1.82) is 0 Å². The fourth-order valence-electron chi connectivity index (χ4n) is 3.63. The molecule has 0 aromatic carbocycles. The van der Waals surface area contributed by atoms with Gasteiger partial charge in [0.1, 0.15) is 12.6 Å². The van der Waals surface area contributed by atoms with Gasteiger partial charge in [-0.05, 0) is 27.2 Å². The maximum Gasteiger partial charge on any atom is 0.338 e. The zero-order valence-electron chi connectivity index (χ0n) is 15.5. The monoisotopic (exact) mass is 397 g/mol. The van der Waals surface area contributed by atoms with Gasteiger partial charge in [0.25, 0.3) is 0 Å². The van der Waals surface area contributed by atoms with Gasteiger partial charge in [0.15, 0.2) is 0 Å². The van der Waals surface area contributed by atoms with Crippen molar-refractivity contribution < 1.29 is 28.7 Å². The normalized spacial score (nSPS) is 30.0. The Balaban J connectivity index is 1.72. The van der Waals surface area contributed by atoms with Crippen LogP contribution in [-0.2, 0) is 23.9 Å². The zero-order valence-corrected chi connectivity index (χ0v) is 16.3. The molecule has 148 valence electrons. The van der Waals surface area contributed by atoms with Crippen molar-refractivity contribution in [3.05, 3.63) is 11.3 Å². The van der Waals surface area contributed by atoms with Gasteiger partial charge in [-0.25, -0.2) is 14.4 Å². The average Bonchev–Trinajstić information content (AvgIpc) is 3.08. The number of ether oxygens (including phenoxy) is 2. The molecule has 0 saturated carbocycles. The highest BCUT2D eigenvalue weighted by Crippen LogP contribution is 2.47. The highest BCUT2D eigenvalue weighted by molar-refractivity contribution is 8.01. The van der Waals surface area contributed by atoms with Crippen LogP contribution in [0.5, 0.6) is 0 Å². The Morgan fingerprint density at radius 3 is 2.78 bits per heavy atom. The number of rotatable bonds is 5. The Bertz CT molecular complexity index is 723. The average molecular weight is 397 g/mol. The molecule has 0 radical (unpaired) electrons. The molecule has 3 aliphatic rings. The van der Waals surface area contributed by atoms with Crippen LogP contribution in [0.25, 0.3) is 0 Å². The number of thioether (sulfide) groups is 1. The molecule has 9 nitrogen and oxygen atoms in total. The number of carbonyl (C=O) groups is 4. The van der Waals surface area contributed by atoms with Crippen LogP contribution in [0, 0.1) is 0 Å². The van der Waals surface area contributed by atoms with Gasteiger partial charge in [0, 0.05) is 12.2 Å². The van der Waals surface area contributed by atoms with E-state index >= 15 is 0 Å². The number of nitrogens with one attached hydrogen (secondary N) is 2. The van der Waals surface area contributed by atoms with E-state index in [1.165, 1.54) is 0 Å². The number of amides is 3. The molecule has 27 heavy (non-hydrogen) atoms. The van der Waals surface area contributed by atoms with E-state index in [4.69, 9.17) is 9.47 Å². The van der Waals surface area contributed by atoms with Gasteiger partial charge < -0.3 is 25.0 Å². The van der Waals surface area contributed by atoms with Crippen molar-refractivity contribution in [3.63, 3.8) is 0 Å². The van der Waals surface area contributed by atoms with Crippen LogP contribution in [-0.4, -0.2) is 64.7 Å². The minimum absolute atomic E-state index is 0.0559. The Morgan fingerprint density at radius 2 is 2.07 bits per heavy atom. The third kappa shape index (κ3) is 3.62. The zero-order chi connectivity index (χ0) is 19.8. The third-order valence-corrected chi connectivity index (χ3v) is 6.45. The minimum atomic E-state index is -0.656. The van der Waals surface area contributed by atoms with E-state index in [0.717, 1.165) is 0 Å². The first kappa shape index (κ1) is 19.5. The highest BCUT2D eigenvalue weighted by atomic mass is 32.2. The smallest absolute Gasteiger partial charge is 0.338 e. The van der Waals surface area contributed by atoms with Gasteiger partial charge in [-0.15, -0.1) is 11.8 Å². The van der Waals surface area contributed by atoms with Gasteiger partial charge in [-0.2, -0.15) is 0 Å². The van der Waals surface area contributed by atoms with E-state index in [-0.39, 0.29) is 35.3 Å². The molecule has 0 unspecified atom stereocenters. The van der Waals surface area contributed by atoms with Gasteiger partial charge >= 0.3 is 18.0 Å². The first-order chi connectivity index (χ1) is 12.8. The molecule has 0 aromatic rings. The lowest BCUT2D eigenvalue weighted by Gasteiger charge is -2.30. The maximum absolute atomic E-state index is 12.6. The maximum atomic E-state index is 12.6. The molecule has 3 atom stereocenters. The lowest BCUT2D eigenvalue weighted by atomic mass is 10.0. The van der Waals surface area contributed by atoms with Crippen molar-refractivity contribution in [1.82, 2.24) is 15.5 Å². The van der Waals surface area contributed by atoms with Crippen LogP contribution in [0.1, 0.15) is 33.6 Å². The predicted molar refractivity (Wildman–Crippen MR) is 96.5 cm³/mol. The standard InChI is InChI=1S/C17H23N3O6S/c1-4-25-15(23)13-9(2)18-16(24)19-10(13)7-26-14(22)11-8-27-17(3)6-5-12(21)20(11)17/h9,11H,4-8H2,1-3H3,(H2,18,19,24)/t9-,11+,17-/m0/s1. The predicted octanol–water partition coefficient (Wildman–Crippen LogP) is 0.502. The molecule has 10 heteroatoms. The van der Waals surface area contributed by atoms with Crippen LogP contribution in [0.15, 0.2) is 11.3 Å². The summed E-state index contributed by atoms with van der Waals surface area (Å²) in [6, 6.07) is -1.71. The van der Waals surface area contributed by atoms with Crippen LogP contribution in [0.3, 0.4) is 0 Å². The molecule has 0 aromatic heterocycles. The first-order valence-corrected chi connectivity index (χ1v) is 9.86. The summed E-state index contributed by atoms with van der Waals surface area (Å²) in [4.78, 5) is 49.9. The lowest BCUT2D eigenvalue weighted by Crippen LogP contribution is -2.50. The Kier molecular flexibility index (Phi) is 5.36. The fraction of sp³-hybridized carbons (Fsp3) is 0.647. The van der Waals surface area contributed by atoms with Gasteiger partial charge in [-0.1, -0.05) is 0 Å². The molecule has 3 amide bonds. The quantitative estimate of drug-likeness (QED) is 0.650. The van der Waals surface area contributed by atoms with Gasteiger partial charge in [0.2, 0.25) is 5.91 Å². The van der Waals surface area contributed by atoms with Crippen molar-refractivity contribution in [3.8, 4) is 0 Å². The third-order valence-electron chi connectivity index (χ3n) is 4.94. The van der Waals surface area contributed by atoms with E-state index < -0.39 is 30.1 Å². The number of hydrogen-bond acceptors (Lipinski definition) is 7. The summed E-state index contributed by atoms with van der Waals surface area (Å²) < 4.78 is 10.4. The summed E-state index contributed by atoms with van der Waals surface area (Å²) in [7, 11) is 0. The molecule has 3 heterocycles. The Hall–Kier alpha value is -2.23. The van der Waals surface area contributed by atoms with E-state index in [1.807, 2.05) is 6.92 Å². The van der Waals surface area contributed by atoms with Crippen molar-refractivity contribution in [2.24, 2.45) is 0 Å². The molecule has 2 N–H and O–H groups in total. The fourth-order valence-corrected chi connectivity index (χ4v) is 5.04. The van der Waals surface area contributed by atoms with Crippen LogP contribution < -0.4 is 10.6 Å². The molecule has 0 bridgehead atoms. The van der Waals surface area contributed by atoms with Crippen LogP contribution in [0.2, 0.25) is 0 Å². The summed E-state index contributed by atoms with van der Waals surface area (Å²) in [6.07, 6.45) is 1.13. The van der Waals surface area contributed by atoms with E-state index in [1.54, 1.807) is 30.5 Å². The molecule has 3 rings (SSSR count). The van der Waals surface area contributed by atoms with Gasteiger partial charge in [0.05, 0.1) is 28.8 Å². The van der Waals surface area contributed by atoms with Crippen LogP contribution in [0.4, 0.5) is 4.79 Å². The van der Waals surface area contributed by atoms with Crippen molar-refractivity contribution in [2.45, 2.75) is 50.6 Å². The summed E-state index contributed by atoms with van der Waals surface area (Å²) in [6.45, 7) is 5.19. The lowest BCUT2D eigenvalue weighted by molar-refractivity contribution is -0.153. The van der Waals surface area contributed by atoms with E-state index in [0.29, 0.717) is 18.6 Å². The van der Waals surface area contributed by atoms with Gasteiger partial charge in [-0.3, -0.25) is 4.79 Å². The van der Waals surface area contributed by atoms with E-state index in [2.05, 4.69) is 10.6 Å². The largest absolute Gasteiger partial charge is 0.463 e. The summed E-state index contributed by atoms with van der Waals surface area (Å²) >= 11 is 1.57. The van der Waals surface area contributed by atoms with Crippen molar-refractivity contribution >= 4 is 35.6 Å². The minimum Gasteiger partial charge on any atom is -0.463 e. The molecule has 0 aliphatic carbocycles. The molecular formula is C17H23N3O6S. The SMILES string of the molecule is CCOC(=O)C1=C(COC(=O)[C@H]2CS[C@@]3(C)CCC(=O)N23)NC(=O)N[C@H]1C. The molecular weight excluding hydrogens is 374 g/mol. The Morgan fingerprint density at radius 1 is 1.33 bits per heavy atom. The van der Waals surface area contributed by atoms with E-state index in [9.17, 15) is 19.2 Å². The summed E-state index contributed by atoms with van der Waals surface area (Å²) in [5.74, 6) is -0.714. The number of carbonyl (C=O) groups excluding carboxylic acids is 4. The number of urea groups is 1. The van der Waals surface area contributed by atoms with Crippen molar-refractivity contribution in [2.75, 3.05) is 19.0 Å². The molecule has 3 aliphatic heterocycles. The second-order valence-electron chi connectivity index (χ2n) is 6.81. The summed E-state index contributed by atoms with van der Waals surface area (Å²) in [5.41, 5.74) is 0.409. The Labute approximate surface area is 161 Å². The molecule has 0 spiro atoms. The topological polar surface area (TPSA) is 114 Å².